The molecule has 1 aliphatic rings. The zero-order chi connectivity index (χ0) is 15.2. The molecule has 118 valence electrons. The van der Waals surface area contributed by atoms with Gasteiger partial charge in [0.1, 0.15) is 11.6 Å². The molecule has 0 amide bonds. The molecule has 1 aromatic rings. The van der Waals surface area contributed by atoms with Crippen molar-refractivity contribution in [1.82, 2.24) is 14.9 Å². The number of hydrogen-bond acceptors (Lipinski definition) is 6. The van der Waals surface area contributed by atoms with Crippen molar-refractivity contribution >= 4 is 17.6 Å². The molecule has 21 heavy (non-hydrogen) atoms. The van der Waals surface area contributed by atoms with Crippen molar-refractivity contribution in [2.75, 3.05) is 42.5 Å². The molecule has 0 aliphatic carbocycles. The number of nitrogens with two attached hydrogens (primary N) is 1. The van der Waals surface area contributed by atoms with E-state index < -0.39 is 0 Å². The minimum atomic E-state index is 0.314. The lowest BCUT2D eigenvalue weighted by molar-refractivity contribution is 0.266. The number of nitrogens with one attached hydrogen (secondary N) is 2. The second-order valence-electron chi connectivity index (χ2n) is 6.05. The van der Waals surface area contributed by atoms with E-state index in [1.807, 2.05) is 6.07 Å². The third-order valence-corrected chi connectivity index (χ3v) is 3.92. The Labute approximate surface area is 127 Å². The van der Waals surface area contributed by atoms with Crippen LogP contribution in [0.1, 0.15) is 33.6 Å². The Bertz CT molecular complexity index is 448. The van der Waals surface area contributed by atoms with Gasteiger partial charge in [0, 0.05) is 31.7 Å². The average molecular weight is 292 g/mol. The summed E-state index contributed by atoms with van der Waals surface area (Å²) in [7, 11) is 0. The van der Waals surface area contributed by atoms with Gasteiger partial charge in [-0.25, -0.2) is 0 Å². The van der Waals surface area contributed by atoms with Crippen LogP contribution in [0, 0.1) is 5.92 Å². The van der Waals surface area contributed by atoms with Crippen LogP contribution in [0.15, 0.2) is 6.07 Å². The SMILES string of the molecule is CCCNc1cc(NCC2CCN(C(C)C)C2)nc(N)n1. The lowest BCUT2D eigenvalue weighted by Gasteiger charge is -2.20. The Balaban J connectivity index is 1.87. The second kappa shape index (κ2) is 7.45. The first kappa shape index (κ1) is 15.8. The fourth-order valence-corrected chi connectivity index (χ4v) is 2.65. The van der Waals surface area contributed by atoms with Crippen LogP contribution in [-0.4, -0.2) is 47.1 Å². The van der Waals surface area contributed by atoms with Gasteiger partial charge < -0.3 is 21.3 Å². The predicted molar refractivity (Wildman–Crippen MR) is 88.5 cm³/mol. The summed E-state index contributed by atoms with van der Waals surface area (Å²) >= 11 is 0. The Morgan fingerprint density at radius 1 is 1.33 bits per heavy atom. The van der Waals surface area contributed by atoms with E-state index in [4.69, 9.17) is 5.73 Å². The monoisotopic (exact) mass is 292 g/mol. The van der Waals surface area contributed by atoms with E-state index in [-0.39, 0.29) is 0 Å². The summed E-state index contributed by atoms with van der Waals surface area (Å²) in [6.07, 6.45) is 2.30. The zero-order valence-corrected chi connectivity index (χ0v) is 13.4. The Morgan fingerprint density at radius 2 is 2.05 bits per heavy atom. The minimum absolute atomic E-state index is 0.314. The smallest absolute Gasteiger partial charge is 0.223 e. The van der Waals surface area contributed by atoms with Crippen LogP contribution in [0.4, 0.5) is 17.6 Å². The zero-order valence-electron chi connectivity index (χ0n) is 13.4. The van der Waals surface area contributed by atoms with Crippen molar-refractivity contribution in [2.24, 2.45) is 5.92 Å². The molecule has 0 spiro atoms. The topological polar surface area (TPSA) is 79.1 Å². The summed E-state index contributed by atoms with van der Waals surface area (Å²) in [5.41, 5.74) is 5.77. The predicted octanol–water partition coefficient (Wildman–Crippen LogP) is 2.02. The van der Waals surface area contributed by atoms with Crippen LogP contribution in [0.25, 0.3) is 0 Å². The lowest BCUT2D eigenvalue weighted by atomic mass is 10.1. The first-order valence-corrected chi connectivity index (χ1v) is 7.94. The van der Waals surface area contributed by atoms with Gasteiger partial charge in [-0.2, -0.15) is 9.97 Å². The van der Waals surface area contributed by atoms with Gasteiger partial charge in [-0.1, -0.05) is 6.92 Å². The molecular formula is C15H28N6. The van der Waals surface area contributed by atoms with Crippen molar-refractivity contribution in [2.45, 2.75) is 39.7 Å². The maximum absolute atomic E-state index is 5.77. The van der Waals surface area contributed by atoms with E-state index >= 15 is 0 Å². The van der Waals surface area contributed by atoms with Gasteiger partial charge in [-0.05, 0) is 39.2 Å². The van der Waals surface area contributed by atoms with E-state index in [1.54, 1.807) is 0 Å². The van der Waals surface area contributed by atoms with E-state index in [0.717, 1.165) is 37.7 Å². The van der Waals surface area contributed by atoms with Crippen LogP contribution < -0.4 is 16.4 Å². The molecule has 6 heteroatoms. The fraction of sp³-hybridized carbons (Fsp3) is 0.733. The highest BCUT2D eigenvalue weighted by atomic mass is 15.2. The van der Waals surface area contributed by atoms with Crippen molar-refractivity contribution in [3.63, 3.8) is 0 Å². The summed E-state index contributed by atoms with van der Waals surface area (Å²) in [5.74, 6) is 2.59. The van der Waals surface area contributed by atoms with E-state index in [9.17, 15) is 0 Å². The number of likely N-dealkylation sites (tertiary alicyclic amines) is 1. The van der Waals surface area contributed by atoms with Gasteiger partial charge >= 0.3 is 0 Å². The van der Waals surface area contributed by atoms with E-state index in [2.05, 4.69) is 46.3 Å². The molecule has 1 fully saturated rings. The van der Waals surface area contributed by atoms with Gasteiger partial charge in [-0.3, -0.25) is 0 Å². The quantitative estimate of drug-likeness (QED) is 0.713. The van der Waals surface area contributed by atoms with E-state index in [1.165, 1.54) is 13.0 Å². The first-order chi connectivity index (χ1) is 10.1. The van der Waals surface area contributed by atoms with Crippen molar-refractivity contribution in [1.29, 1.82) is 0 Å². The maximum Gasteiger partial charge on any atom is 0.223 e. The molecule has 0 radical (unpaired) electrons. The molecule has 1 aliphatic heterocycles. The maximum atomic E-state index is 5.77. The number of rotatable bonds is 7. The van der Waals surface area contributed by atoms with Crippen LogP contribution >= 0.6 is 0 Å². The number of hydrogen-bond donors (Lipinski definition) is 3. The normalized spacial score (nSPS) is 19.1. The Morgan fingerprint density at radius 3 is 2.67 bits per heavy atom. The summed E-state index contributed by atoms with van der Waals surface area (Å²) in [6.45, 7) is 10.8. The summed E-state index contributed by atoms with van der Waals surface area (Å²) in [5, 5.41) is 6.65. The highest BCUT2D eigenvalue weighted by Crippen LogP contribution is 2.20. The molecule has 1 atom stereocenters. The Hall–Kier alpha value is -1.56. The Kier molecular flexibility index (Phi) is 5.61. The standard InChI is InChI=1S/C15H28N6/c1-4-6-17-13-8-14(20-15(16)19-13)18-9-12-5-7-21(10-12)11(2)3/h8,11-12H,4-7,9-10H2,1-3H3,(H4,16,17,18,19,20). The first-order valence-electron chi connectivity index (χ1n) is 7.94. The van der Waals surface area contributed by atoms with Gasteiger partial charge in [0.15, 0.2) is 0 Å². The van der Waals surface area contributed by atoms with Crippen LogP contribution in [0.5, 0.6) is 0 Å². The number of anilines is 3. The van der Waals surface area contributed by atoms with Gasteiger partial charge in [0.25, 0.3) is 0 Å². The second-order valence-corrected chi connectivity index (χ2v) is 6.05. The minimum Gasteiger partial charge on any atom is -0.370 e. The third kappa shape index (κ3) is 4.74. The van der Waals surface area contributed by atoms with Crippen molar-refractivity contribution in [3.8, 4) is 0 Å². The molecule has 1 aromatic heterocycles. The summed E-state index contributed by atoms with van der Waals surface area (Å²) in [4.78, 5) is 11.0. The molecule has 0 saturated carbocycles. The van der Waals surface area contributed by atoms with Crippen LogP contribution in [0.3, 0.4) is 0 Å². The highest BCUT2D eigenvalue weighted by Gasteiger charge is 2.23. The fourth-order valence-electron chi connectivity index (χ4n) is 2.65. The van der Waals surface area contributed by atoms with Crippen LogP contribution in [-0.2, 0) is 0 Å². The van der Waals surface area contributed by atoms with E-state index in [0.29, 0.717) is 17.9 Å². The molecule has 1 unspecified atom stereocenters. The number of nitrogen functional groups attached to an aromatic ring is 1. The summed E-state index contributed by atoms with van der Waals surface area (Å²) < 4.78 is 0. The van der Waals surface area contributed by atoms with Crippen molar-refractivity contribution < 1.29 is 0 Å². The van der Waals surface area contributed by atoms with Gasteiger partial charge in [-0.15, -0.1) is 0 Å². The van der Waals surface area contributed by atoms with Crippen molar-refractivity contribution in [3.05, 3.63) is 6.07 Å². The third-order valence-electron chi connectivity index (χ3n) is 3.92. The molecule has 0 aromatic carbocycles. The largest absolute Gasteiger partial charge is 0.370 e. The van der Waals surface area contributed by atoms with Gasteiger partial charge in [0.05, 0.1) is 0 Å². The van der Waals surface area contributed by atoms with Gasteiger partial charge in [0.2, 0.25) is 5.95 Å². The number of aromatic nitrogens is 2. The molecule has 1 saturated heterocycles. The molecule has 0 bridgehead atoms. The molecule has 2 rings (SSSR count). The highest BCUT2D eigenvalue weighted by molar-refractivity contribution is 5.51. The van der Waals surface area contributed by atoms with Crippen LogP contribution in [0.2, 0.25) is 0 Å². The average Bonchev–Trinajstić information content (AvgIpc) is 2.91. The molecule has 2 heterocycles. The summed E-state index contributed by atoms with van der Waals surface area (Å²) in [6, 6.07) is 2.57. The molecule has 6 nitrogen and oxygen atoms in total. The molecular weight excluding hydrogens is 264 g/mol. The number of nitrogens with zero attached hydrogens (tertiary/aromatic N) is 3. The lowest BCUT2D eigenvalue weighted by Crippen LogP contribution is -2.29. The molecule has 4 N–H and O–H groups in total.